The first-order valence-corrected chi connectivity index (χ1v) is 5.84. The summed E-state index contributed by atoms with van der Waals surface area (Å²) in [7, 11) is 3.62. The van der Waals surface area contributed by atoms with Gasteiger partial charge in [-0.2, -0.15) is 0 Å². The highest BCUT2D eigenvalue weighted by atomic mass is 16.5. The van der Waals surface area contributed by atoms with Gasteiger partial charge in [-0.15, -0.1) is 6.58 Å². The monoisotopic (exact) mass is 238 g/mol. The van der Waals surface area contributed by atoms with Gasteiger partial charge < -0.3 is 14.5 Å². The van der Waals surface area contributed by atoms with Gasteiger partial charge in [0.15, 0.2) is 0 Å². The molecule has 1 aromatic rings. The van der Waals surface area contributed by atoms with E-state index in [-0.39, 0.29) is 0 Å². The number of hydrogen-bond donors (Lipinski definition) is 1. The molecule has 0 saturated heterocycles. The van der Waals surface area contributed by atoms with E-state index in [0.29, 0.717) is 0 Å². The van der Waals surface area contributed by atoms with E-state index in [0.717, 1.165) is 44.3 Å². The van der Waals surface area contributed by atoms with Crippen molar-refractivity contribution >= 4 is 0 Å². The van der Waals surface area contributed by atoms with E-state index in [1.807, 2.05) is 25.3 Å². The second kappa shape index (κ2) is 8.06. The lowest BCUT2D eigenvalue weighted by molar-refractivity contribution is 0.146. The Bertz CT molecular complexity index is 323. The standard InChI is InChI=1S/C13H22N2O2/c1-4-7-15(8-9-16-3)11-13-6-5-12(17-13)10-14-2/h4-6,14H,1,7-11H2,2-3H3. The third-order valence-electron chi connectivity index (χ3n) is 2.45. The van der Waals surface area contributed by atoms with Crippen molar-refractivity contribution in [3.8, 4) is 0 Å². The van der Waals surface area contributed by atoms with Crippen molar-refractivity contribution in [2.24, 2.45) is 0 Å². The van der Waals surface area contributed by atoms with Crippen molar-refractivity contribution in [2.75, 3.05) is 33.9 Å². The van der Waals surface area contributed by atoms with Gasteiger partial charge in [-0.3, -0.25) is 4.90 Å². The molecule has 96 valence electrons. The lowest BCUT2D eigenvalue weighted by atomic mass is 10.3. The molecule has 1 rings (SSSR count). The number of nitrogens with one attached hydrogen (secondary N) is 1. The fourth-order valence-corrected chi connectivity index (χ4v) is 1.63. The molecular formula is C13H22N2O2. The minimum absolute atomic E-state index is 0.720. The molecule has 0 aliphatic carbocycles. The van der Waals surface area contributed by atoms with Gasteiger partial charge in [0.05, 0.1) is 19.7 Å². The Hall–Kier alpha value is -1.10. The lowest BCUT2D eigenvalue weighted by Gasteiger charge is -2.18. The van der Waals surface area contributed by atoms with E-state index < -0.39 is 0 Å². The summed E-state index contributed by atoms with van der Waals surface area (Å²) in [4.78, 5) is 2.23. The van der Waals surface area contributed by atoms with E-state index in [9.17, 15) is 0 Å². The zero-order valence-corrected chi connectivity index (χ0v) is 10.7. The van der Waals surface area contributed by atoms with Crippen LogP contribution >= 0.6 is 0 Å². The molecule has 0 spiro atoms. The van der Waals surface area contributed by atoms with Crippen LogP contribution in [0.1, 0.15) is 11.5 Å². The van der Waals surface area contributed by atoms with Crippen molar-refractivity contribution in [2.45, 2.75) is 13.1 Å². The normalized spacial score (nSPS) is 11.0. The number of rotatable bonds is 9. The average molecular weight is 238 g/mol. The first-order valence-electron chi connectivity index (χ1n) is 5.84. The smallest absolute Gasteiger partial charge is 0.118 e. The zero-order chi connectivity index (χ0) is 12.5. The Balaban J connectivity index is 2.48. The van der Waals surface area contributed by atoms with Gasteiger partial charge in [-0.25, -0.2) is 0 Å². The molecule has 0 atom stereocenters. The summed E-state index contributed by atoms with van der Waals surface area (Å²) in [6.07, 6.45) is 1.90. The van der Waals surface area contributed by atoms with Crippen LogP contribution in [-0.2, 0) is 17.8 Å². The Labute approximate surface area is 103 Å². The molecule has 0 aliphatic heterocycles. The van der Waals surface area contributed by atoms with Crippen molar-refractivity contribution in [1.29, 1.82) is 0 Å². The maximum absolute atomic E-state index is 5.70. The van der Waals surface area contributed by atoms with Crippen LogP contribution in [0.15, 0.2) is 29.2 Å². The van der Waals surface area contributed by atoms with Gasteiger partial charge in [0, 0.05) is 20.2 Å². The molecule has 0 saturated carbocycles. The van der Waals surface area contributed by atoms with Crippen LogP contribution in [0, 0.1) is 0 Å². The fraction of sp³-hybridized carbons (Fsp3) is 0.538. The van der Waals surface area contributed by atoms with E-state index in [4.69, 9.17) is 9.15 Å². The van der Waals surface area contributed by atoms with Crippen LogP contribution in [0.2, 0.25) is 0 Å². The second-order valence-corrected chi connectivity index (χ2v) is 3.91. The molecule has 4 nitrogen and oxygen atoms in total. The summed E-state index contributed by atoms with van der Waals surface area (Å²) in [6, 6.07) is 4.03. The fourth-order valence-electron chi connectivity index (χ4n) is 1.63. The Morgan fingerprint density at radius 2 is 2.24 bits per heavy atom. The second-order valence-electron chi connectivity index (χ2n) is 3.91. The van der Waals surface area contributed by atoms with Crippen LogP contribution in [0.5, 0.6) is 0 Å². The highest BCUT2D eigenvalue weighted by Gasteiger charge is 2.07. The maximum Gasteiger partial charge on any atom is 0.118 e. The number of nitrogens with zero attached hydrogens (tertiary/aromatic N) is 1. The Kier molecular flexibility index (Phi) is 6.62. The minimum Gasteiger partial charge on any atom is -0.463 e. The largest absolute Gasteiger partial charge is 0.463 e. The minimum atomic E-state index is 0.720. The molecule has 1 heterocycles. The number of hydrogen-bond acceptors (Lipinski definition) is 4. The van der Waals surface area contributed by atoms with Gasteiger partial charge in [0.2, 0.25) is 0 Å². The van der Waals surface area contributed by atoms with Crippen LogP contribution in [0.25, 0.3) is 0 Å². The molecule has 0 bridgehead atoms. The molecule has 0 aromatic carbocycles. The van der Waals surface area contributed by atoms with Crippen molar-refractivity contribution in [3.05, 3.63) is 36.3 Å². The maximum atomic E-state index is 5.70. The Morgan fingerprint density at radius 3 is 2.88 bits per heavy atom. The summed E-state index contributed by atoms with van der Waals surface area (Å²) in [5.74, 6) is 1.95. The molecule has 17 heavy (non-hydrogen) atoms. The van der Waals surface area contributed by atoms with Crippen LogP contribution in [0.3, 0.4) is 0 Å². The molecule has 0 radical (unpaired) electrons. The molecule has 0 fully saturated rings. The topological polar surface area (TPSA) is 37.6 Å². The van der Waals surface area contributed by atoms with Gasteiger partial charge in [-0.1, -0.05) is 6.08 Å². The van der Waals surface area contributed by atoms with E-state index in [1.54, 1.807) is 7.11 Å². The van der Waals surface area contributed by atoms with E-state index >= 15 is 0 Å². The van der Waals surface area contributed by atoms with Crippen molar-refractivity contribution < 1.29 is 9.15 Å². The highest BCUT2D eigenvalue weighted by Crippen LogP contribution is 2.10. The Morgan fingerprint density at radius 1 is 1.47 bits per heavy atom. The molecule has 4 heteroatoms. The summed E-state index contributed by atoms with van der Waals surface area (Å²) in [5, 5.41) is 3.07. The third kappa shape index (κ3) is 5.17. The van der Waals surface area contributed by atoms with Gasteiger partial charge in [0.25, 0.3) is 0 Å². The molecule has 0 unspecified atom stereocenters. The van der Waals surface area contributed by atoms with Crippen molar-refractivity contribution in [3.63, 3.8) is 0 Å². The molecule has 0 amide bonds. The first kappa shape index (κ1) is 14.0. The number of ether oxygens (including phenoxy) is 1. The van der Waals surface area contributed by atoms with Crippen molar-refractivity contribution in [1.82, 2.24) is 10.2 Å². The molecule has 0 aliphatic rings. The van der Waals surface area contributed by atoms with Crippen LogP contribution in [-0.4, -0.2) is 38.8 Å². The molecular weight excluding hydrogens is 216 g/mol. The lowest BCUT2D eigenvalue weighted by Crippen LogP contribution is -2.26. The average Bonchev–Trinajstić information content (AvgIpc) is 2.74. The summed E-state index contributed by atoms with van der Waals surface area (Å²) in [6.45, 7) is 7.75. The first-order chi connectivity index (χ1) is 8.30. The summed E-state index contributed by atoms with van der Waals surface area (Å²) < 4.78 is 10.8. The van der Waals surface area contributed by atoms with Gasteiger partial charge in [-0.05, 0) is 19.2 Å². The summed E-state index contributed by atoms with van der Waals surface area (Å²) >= 11 is 0. The van der Waals surface area contributed by atoms with E-state index in [2.05, 4.69) is 16.8 Å². The van der Waals surface area contributed by atoms with Gasteiger partial charge >= 0.3 is 0 Å². The molecule has 1 N–H and O–H groups in total. The highest BCUT2D eigenvalue weighted by molar-refractivity contribution is 5.07. The van der Waals surface area contributed by atoms with E-state index in [1.165, 1.54) is 0 Å². The third-order valence-corrected chi connectivity index (χ3v) is 2.45. The predicted octanol–water partition coefficient (Wildman–Crippen LogP) is 1.63. The zero-order valence-electron chi connectivity index (χ0n) is 10.7. The van der Waals surface area contributed by atoms with Gasteiger partial charge in [0.1, 0.15) is 11.5 Å². The quantitative estimate of drug-likeness (QED) is 0.664. The number of furan rings is 1. The SMILES string of the molecule is C=CCN(CCOC)Cc1ccc(CNC)o1. The summed E-state index contributed by atoms with van der Waals surface area (Å²) in [5.41, 5.74) is 0. The number of methoxy groups -OCH3 is 1. The van der Waals surface area contributed by atoms with Crippen LogP contribution < -0.4 is 5.32 Å². The van der Waals surface area contributed by atoms with Crippen LogP contribution in [0.4, 0.5) is 0 Å². The molecule has 1 aromatic heterocycles. The predicted molar refractivity (Wildman–Crippen MR) is 68.8 cm³/mol.